The zero-order chi connectivity index (χ0) is 22.7. The number of nitrogens with one attached hydrogen (secondary N) is 3. The molecule has 9 nitrogen and oxygen atoms in total. The minimum absolute atomic E-state index is 0.0542. The molecule has 4 rings (SSSR count). The molecule has 2 amide bonds. The smallest absolute Gasteiger partial charge is 0.404 e. The number of benzene rings is 1. The zero-order valence-electron chi connectivity index (χ0n) is 17.6. The van der Waals surface area contributed by atoms with Crippen LogP contribution < -0.4 is 15.5 Å². The number of carboxylic acid groups (broad SMARTS) is 1. The topological polar surface area (TPSA) is 123 Å². The molecule has 3 aromatic rings. The number of aromatic amines is 1. The number of hydrogen-bond donors (Lipinski definition) is 4. The van der Waals surface area contributed by atoms with Crippen LogP contribution in [0.5, 0.6) is 0 Å². The van der Waals surface area contributed by atoms with E-state index in [1.54, 1.807) is 12.1 Å². The van der Waals surface area contributed by atoms with Crippen LogP contribution in [0.2, 0.25) is 5.02 Å². The van der Waals surface area contributed by atoms with Crippen LogP contribution in [0, 0.1) is 5.41 Å². The molecule has 0 spiro atoms. The standard InChI is InChI=1S/C22H25ClN6O3/c1-14(15-2-4-16(23)5-3-15)28-20(30)22(12-25-21(31)32)7-10-29(11-8-22)19-17-6-9-24-18(17)26-13-27-19/h2-6,9,13-14,25H,7-8,10-12H2,1H3,(H,28,30)(H,31,32)(H,24,26,27). The van der Waals surface area contributed by atoms with Crippen molar-refractivity contribution < 1.29 is 14.7 Å². The molecule has 0 aliphatic carbocycles. The number of halogens is 1. The van der Waals surface area contributed by atoms with E-state index in [0.29, 0.717) is 31.0 Å². The van der Waals surface area contributed by atoms with Crippen LogP contribution >= 0.6 is 11.6 Å². The molecule has 10 heteroatoms. The number of fused-ring (bicyclic) bond motifs is 1. The second-order valence-corrected chi connectivity index (χ2v) is 8.55. The van der Waals surface area contributed by atoms with Crippen molar-refractivity contribution in [3.05, 3.63) is 53.4 Å². The molecule has 168 valence electrons. The van der Waals surface area contributed by atoms with Gasteiger partial charge in [-0.25, -0.2) is 14.8 Å². The Morgan fingerprint density at radius 1 is 1.22 bits per heavy atom. The first-order valence-electron chi connectivity index (χ1n) is 10.4. The highest BCUT2D eigenvalue weighted by atomic mass is 35.5. The minimum atomic E-state index is -1.14. The number of amides is 2. The third-order valence-corrected chi connectivity index (χ3v) is 6.38. The maximum Gasteiger partial charge on any atom is 0.404 e. The molecule has 2 aromatic heterocycles. The fourth-order valence-electron chi connectivity index (χ4n) is 4.17. The molecule has 0 bridgehead atoms. The lowest BCUT2D eigenvalue weighted by Crippen LogP contribution is -2.54. The predicted molar refractivity (Wildman–Crippen MR) is 122 cm³/mol. The highest BCUT2D eigenvalue weighted by Gasteiger charge is 2.42. The fraction of sp³-hybridized carbons (Fsp3) is 0.364. The first-order valence-corrected chi connectivity index (χ1v) is 10.8. The molecule has 1 aromatic carbocycles. The summed E-state index contributed by atoms with van der Waals surface area (Å²) in [5.74, 6) is 0.647. The van der Waals surface area contributed by atoms with Gasteiger partial charge in [0.15, 0.2) is 0 Å². The van der Waals surface area contributed by atoms with Gasteiger partial charge in [0, 0.05) is 30.9 Å². The molecule has 4 N–H and O–H groups in total. The van der Waals surface area contributed by atoms with Gasteiger partial charge in [0.2, 0.25) is 5.91 Å². The number of piperidine rings is 1. The average molecular weight is 457 g/mol. The van der Waals surface area contributed by atoms with Gasteiger partial charge in [-0.3, -0.25) is 4.79 Å². The van der Waals surface area contributed by atoms with E-state index in [2.05, 4.69) is 30.5 Å². The minimum Gasteiger partial charge on any atom is -0.465 e. The van der Waals surface area contributed by atoms with E-state index in [0.717, 1.165) is 22.4 Å². The number of aromatic nitrogens is 3. The van der Waals surface area contributed by atoms with Crippen LogP contribution in [-0.2, 0) is 4.79 Å². The summed E-state index contributed by atoms with van der Waals surface area (Å²) in [5.41, 5.74) is 0.839. The number of H-pyrrole nitrogens is 1. The third kappa shape index (κ3) is 4.47. The lowest BCUT2D eigenvalue weighted by molar-refractivity contribution is -0.132. The van der Waals surface area contributed by atoms with E-state index >= 15 is 0 Å². The summed E-state index contributed by atoms with van der Waals surface area (Å²) in [6.45, 7) is 3.10. The van der Waals surface area contributed by atoms with Crippen molar-refractivity contribution >= 4 is 40.5 Å². The van der Waals surface area contributed by atoms with Crippen LogP contribution in [0.3, 0.4) is 0 Å². The Kier molecular flexibility index (Phi) is 6.18. The maximum absolute atomic E-state index is 13.4. The molecule has 1 aliphatic rings. The van der Waals surface area contributed by atoms with Gasteiger partial charge in [-0.05, 0) is 43.5 Å². The summed E-state index contributed by atoms with van der Waals surface area (Å²) in [7, 11) is 0. The Labute approximate surface area is 190 Å². The molecule has 1 aliphatic heterocycles. The number of anilines is 1. The highest BCUT2D eigenvalue weighted by Crippen LogP contribution is 2.35. The van der Waals surface area contributed by atoms with E-state index < -0.39 is 11.5 Å². The first kappa shape index (κ1) is 21.9. The van der Waals surface area contributed by atoms with Gasteiger partial charge in [0.05, 0.1) is 16.8 Å². The molecule has 1 fully saturated rings. The van der Waals surface area contributed by atoms with Crippen molar-refractivity contribution in [1.29, 1.82) is 0 Å². The molecular weight excluding hydrogens is 432 g/mol. The molecule has 1 unspecified atom stereocenters. The lowest BCUT2D eigenvalue weighted by atomic mass is 9.77. The van der Waals surface area contributed by atoms with Crippen LogP contribution in [0.15, 0.2) is 42.9 Å². The van der Waals surface area contributed by atoms with Crippen molar-refractivity contribution in [3.8, 4) is 0 Å². The van der Waals surface area contributed by atoms with Gasteiger partial charge < -0.3 is 25.6 Å². The van der Waals surface area contributed by atoms with Crippen molar-refractivity contribution in [2.24, 2.45) is 5.41 Å². The molecular formula is C22H25ClN6O3. The van der Waals surface area contributed by atoms with Gasteiger partial charge in [-0.15, -0.1) is 0 Å². The molecule has 0 saturated carbocycles. The molecule has 0 radical (unpaired) electrons. The van der Waals surface area contributed by atoms with Gasteiger partial charge in [0.25, 0.3) is 0 Å². The van der Waals surface area contributed by atoms with Gasteiger partial charge >= 0.3 is 6.09 Å². The van der Waals surface area contributed by atoms with E-state index in [4.69, 9.17) is 16.7 Å². The summed E-state index contributed by atoms with van der Waals surface area (Å²) in [5, 5.41) is 16.2. The zero-order valence-corrected chi connectivity index (χ0v) is 18.4. The summed E-state index contributed by atoms with van der Waals surface area (Å²) >= 11 is 5.96. The first-order chi connectivity index (χ1) is 15.4. The SMILES string of the molecule is CC(NC(=O)C1(CNC(=O)O)CCN(c2ncnc3[nH]ccc23)CC1)c1ccc(Cl)cc1. The molecule has 1 saturated heterocycles. The van der Waals surface area contributed by atoms with E-state index in [-0.39, 0.29) is 18.5 Å². The second-order valence-electron chi connectivity index (χ2n) is 8.11. The summed E-state index contributed by atoms with van der Waals surface area (Å²) in [6.07, 6.45) is 3.17. The van der Waals surface area contributed by atoms with E-state index in [9.17, 15) is 9.59 Å². The predicted octanol–water partition coefficient (Wildman–Crippen LogP) is 3.34. The number of rotatable bonds is 6. The number of carbonyl (C=O) groups is 2. The average Bonchev–Trinajstić information content (AvgIpc) is 3.27. The third-order valence-electron chi connectivity index (χ3n) is 6.13. The summed E-state index contributed by atoms with van der Waals surface area (Å²) < 4.78 is 0. The molecule has 32 heavy (non-hydrogen) atoms. The second kappa shape index (κ2) is 9.04. The Hall–Kier alpha value is -3.33. The van der Waals surface area contributed by atoms with Crippen LogP contribution in [0.4, 0.5) is 10.6 Å². The van der Waals surface area contributed by atoms with Gasteiger partial charge in [-0.2, -0.15) is 0 Å². The van der Waals surface area contributed by atoms with Crippen molar-refractivity contribution in [1.82, 2.24) is 25.6 Å². The van der Waals surface area contributed by atoms with Crippen molar-refractivity contribution in [2.75, 3.05) is 24.5 Å². The van der Waals surface area contributed by atoms with Crippen LogP contribution in [0.25, 0.3) is 11.0 Å². The number of carbonyl (C=O) groups excluding carboxylic acids is 1. The quantitative estimate of drug-likeness (QED) is 0.451. The van der Waals surface area contributed by atoms with Crippen LogP contribution in [-0.4, -0.2) is 51.7 Å². The lowest BCUT2D eigenvalue weighted by Gasteiger charge is -2.41. The Morgan fingerprint density at radius 2 is 1.94 bits per heavy atom. The molecule has 1 atom stereocenters. The Morgan fingerprint density at radius 3 is 2.62 bits per heavy atom. The summed E-state index contributed by atoms with van der Waals surface area (Å²) in [4.78, 5) is 38.4. The largest absolute Gasteiger partial charge is 0.465 e. The Balaban J connectivity index is 1.50. The normalized spacial score (nSPS) is 16.5. The fourth-order valence-corrected chi connectivity index (χ4v) is 4.30. The van der Waals surface area contributed by atoms with Crippen LogP contribution in [0.1, 0.15) is 31.4 Å². The highest BCUT2D eigenvalue weighted by molar-refractivity contribution is 6.30. The Bertz CT molecular complexity index is 1110. The van der Waals surface area contributed by atoms with Gasteiger partial charge in [0.1, 0.15) is 17.8 Å². The number of nitrogens with zero attached hydrogens (tertiary/aromatic N) is 3. The van der Waals surface area contributed by atoms with Crippen molar-refractivity contribution in [3.63, 3.8) is 0 Å². The van der Waals surface area contributed by atoms with E-state index in [1.165, 1.54) is 6.33 Å². The molecule has 3 heterocycles. The maximum atomic E-state index is 13.4. The van der Waals surface area contributed by atoms with Crippen molar-refractivity contribution in [2.45, 2.75) is 25.8 Å². The van der Waals surface area contributed by atoms with E-state index in [1.807, 2.05) is 31.3 Å². The monoisotopic (exact) mass is 456 g/mol. The summed E-state index contributed by atoms with van der Waals surface area (Å²) in [6, 6.07) is 9.00. The number of hydrogen-bond acceptors (Lipinski definition) is 5. The van der Waals surface area contributed by atoms with Gasteiger partial charge in [-0.1, -0.05) is 23.7 Å².